The van der Waals surface area contributed by atoms with Crippen molar-refractivity contribution in [3.8, 4) is 22.6 Å². The van der Waals surface area contributed by atoms with Crippen LogP contribution in [0, 0.1) is 5.41 Å². The largest absolute Gasteiger partial charge is 0.493 e. The van der Waals surface area contributed by atoms with Crippen LogP contribution in [0.5, 0.6) is 11.5 Å². The first kappa shape index (κ1) is 51.9. The molecule has 4 aromatic rings. The van der Waals surface area contributed by atoms with E-state index in [-0.39, 0.29) is 51.4 Å². The lowest BCUT2D eigenvalue weighted by molar-refractivity contribution is -0.166. The van der Waals surface area contributed by atoms with Crippen LogP contribution in [0.1, 0.15) is 88.2 Å². The summed E-state index contributed by atoms with van der Waals surface area (Å²) in [5.41, 5.74) is 3.55. The number of piperazine rings is 1. The van der Waals surface area contributed by atoms with Crippen LogP contribution in [0.4, 0.5) is 10.5 Å². The monoisotopic (exact) mass is 959 g/mol. The highest BCUT2D eigenvalue weighted by Gasteiger charge is 2.45. The maximum absolute atomic E-state index is 14.8. The fourth-order valence-corrected chi connectivity index (χ4v) is 8.37. The second kappa shape index (κ2) is 22.7. The molecule has 16 nitrogen and oxygen atoms in total. The van der Waals surface area contributed by atoms with Gasteiger partial charge in [0.15, 0.2) is 11.5 Å². The van der Waals surface area contributed by atoms with Gasteiger partial charge in [0.2, 0.25) is 11.7 Å². The molecule has 1 aliphatic carbocycles. The molecule has 0 saturated carbocycles. The van der Waals surface area contributed by atoms with Crippen LogP contribution < -0.4 is 14.8 Å². The number of aryl methyl sites for hydroxylation is 1. The number of carbonyl (C=O) groups excluding carboxylic acids is 7. The minimum atomic E-state index is -1.51. The number of esters is 3. The summed E-state index contributed by atoms with van der Waals surface area (Å²) in [6, 6.07) is 26.4. The van der Waals surface area contributed by atoms with Crippen molar-refractivity contribution in [2.75, 3.05) is 52.4 Å². The molecule has 1 fully saturated rings. The van der Waals surface area contributed by atoms with Crippen LogP contribution in [-0.2, 0) is 54.1 Å². The Morgan fingerprint density at radius 1 is 0.786 bits per heavy atom. The minimum absolute atomic E-state index is 0.00330. The molecule has 0 aromatic heterocycles. The summed E-state index contributed by atoms with van der Waals surface area (Å²) in [7, 11) is 3.04. The molecule has 16 heteroatoms. The predicted molar refractivity (Wildman–Crippen MR) is 259 cm³/mol. The van der Waals surface area contributed by atoms with Gasteiger partial charge in [0.05, 0.1) is 32.6 Å². The topological polar surface area (TPSA) is 193 Å². The van der Waals surface area contributed by atoms with Gasteiger partial charge in [-0.3, -0.25) is 19.2 Å². The van der Waals surface area contributed by atoms with Gasteiger partial charge in [0, 0.05) is 37.2 Å². The lowest BCUT2D eigenvalue weighted by Crippen LogP contribution is -2.62. The Morgan fingerprint density at radius 2 is 1.46 bits per heavy atom. The highest BCUT2D eigenvalue weighted by atomic mass is 16.6. The SMILES string of the molecule is C=CC(=O)OCC(C)(C)C(=O)C(=O)N1CCN(C(=O)OCC2c3ccccc3-c3ccccc32)CC1C(=O)O[C@H](CCc1ccc(OC)c(OC)c1)c1cccc(NC(=O)CCC(=O)OC(C)(C)C)c1. The van der Waals surface area contributed by atoms with E-state index in [1.54, 1.807) is 57.2 Å². The molecule has 0 radical (unpaired) electrons. The highest BCUT2D eigenvalue weighted by Crippen LogP contribution is 2.44. The van der Waals surface area contributed by atoms with Crippen LogP contribution in [0.3, 0.4) is 0 Å². The number of Topliss-reactive ketones (excluding diaryl/α,β-unsaturated/α-hetero) is 1. The maximum atomic E-state index is 14.8. The quantitative estimate of drug-likeness (QED) is 0.0415. The third-order valence-corrected chi connectivity index (χ3v) is 12.0. The van der Waals surface area contributed by atoms with Gasteiger partial charge in [-0.25, -0.2) is 14.4 Å². The van der Waals surface area contributed by atoms with Gasteiger partial charge in [-0.2, -0.15) is 0 Å². The number of nitrogens with zero attached hydrogens (tertiary/aromatic N) is 2. The van der Waals surface area contributed by atoms with E-state index in [1.165, 1.54) is 33.0 Å². The Balaban J connectivity index is 1.27. The summed E-state index contributed by atoms with van der Waals surface area (Å²) in [5, 5.41) is 2.80. The summed E-state index contributed by atoms with van der Waals surface area (Å²) in [4.78, 5) is 96.7. The molecule has 3 amide bonds. The van der Waals surface area contributed by atoms with Crippen LogP contribution in [0.15, 0.2) is 104 Å². The van der Waals surface area contributed by atoms with Crippen molar-refractivity contribution in [2.24, 2.45) is 5.41 Å². The van der Waals surface area contributed by atoms with Crippen molar-refractivity contribution in [1.29, 1.82) is 0 Å². The number of methoxy groups -OCH3 is 2. The van der Waals surface area contributed by atoms with Crippen molar-refractivity contribution in [3.63, 3.8) is 0 Å². The van der Waals surface area contributed by atoms with Crippen LogP contribution in [0.25, 0.3) is 11.1 Å². The second-order valence-electron chi connectivity index (χ2n) is 18.7. The molecule has 1 aliphatic heterocycles. The molecular weight excluding hydrogens is 899 g/mol. The smallest absolute Gasteiger partial charge is 0.409 e. The Morgan fingerprint density at radius 3 is 2.10 bits per heavy atom. The molecule has 0 spiro atoms. The van der Waals surface area contributed by atoms with Crippen LogP contribution in [0.2, 0.25) is 0 Å². The molecule has 2 aliphatic rings. The van der Waals surface area contributed by atoms with Crippen molar-refractivity contribution < 1.29 is 62.0 Å². The first-order chi connectivity index (χ1) is 33.3. The molecule has 1 N–H and O–H groups in total. The number of hydrogen-bond donors (Lipinski definition) is 1. The third kappa shape index (κ3) is 13.0. The van der Waals surface area contributed by atoms with E-state index in [1.807, 2.05) is 54.6 Å². The fraction of sp³-hybridized carbons (Fsp3) is 0.389. The van der Waals surface area contributed by atoms with E-state index in [4.69, 9.17) is 28.4 Å². The highest BCUT2D eigenvalue weighted by molar-refractivity contribution is 6.38. The van der Waals surface area contributed by atoms with Crippen molar-refractivity contribution in [1.82, 2.24) is 9.80 Å². The number of amides is 3. The van der Waals surface area contributed by atoms with E-state index in [2.05, 4.69) is 11.9 Å². The average molecular weight is 960 g/mol. The Labute approximate surface area is 408 Å². The van der Waals surface area contributed by atoms with Gasteiger partial charge in [0.1, 0.15) is 31.0 Å². The predicted octanol–water partition coefficient (Wildman–Crippen LogP) is 7.77. The second-order valence-corrected chi connectivity index (χ2v) is 18.7. The first-order valence-corrected chi connectivity index (χ1v) is 23.1. The Kier molecular flexibility index (Phi) is 16.9. The number of ketones is 1. The number of hydrogen-bond acceptors (Lipinski definition) is 13. The standard InChI is InChI=1S/C54H61N3O13/c1-9-47(59)68-33-54(5,6)49(61)50(62)57-28-27-56(52(64)67-32-41-39-19-12-10-17-37(39)38-18-11-13-20-40(38)41)31-42(57)51(63)69-43(23-21-34-22-24-44(65-7)45(29-34)66-8)35-15-14-16-36(30-35)55-46(58)25-26-48(60)70-53(2,3)4/h9-20,22,24,29-30,41-43H,1,21,23,25-28,31-33H2,2-8H3,(H,55,58)/t42?,43-/m1/s1. The Bertz CT molecular complexity index is 2570. The van der Waals surface area contributed by atoms with E-state index in [0.717, 1.165) is 38.8 Å². The number of benzene rings is 4. The van der Waals surface area contributed by atoms with Crippen LogP contribution >= 0.6 is 0 Å². The number of nitrogens with one attached hydrogen (secondary N) is 1. The van der Waals surface area contributed by atoms with Gasteiger partial charge in [0.25, 0.3) is 5.91 Å². The zero-order valence-electron chi connectivity index (χ0n) is 40.7. The average Bonchev–Trinajstić information content (AvgIpc) is 3.67. The molecular formula is C54H61N3O13. The summed E-state index contributed by atoms with van der Waals surface area (Å²) in [6.45, 7) is 10.3. The molecule has 1 saturated heterocycles. The van der Waals surface area contributed by atoms with E-state index in [9.17, 15) is 33.6 Å². The number of ether oxygens (including phenoxy) is 6. The number of fused-ring (bicyclic) bond motifs is 3. The molecule has 370 valence electrons. The molecule has 0 bridgehead atoms. The summed E-state index contributed by atoms with van der Waals surface area (Å²) in [6.07, 6.45) is -0.544. The molecule has 4 aromatic carbocycles. The molecule has 1 unspecified atom stereocenters. The maximum Gasteiger partial charge on any atom is 0.409 e. The van der Waals surface area contributed by atoms with Crippen molar-refractivity contribution >= 4 is 47.3 Å². The minimum Gasteiger partial charge on any atom is -0.493 e. The van der Waals surface area contributed by atoms with Crippen molar-refractivity contribution in [3.05, 3.63) is 126 Å². The zero-order valence-corrected chi connectivity index (χ0v) is 40.7. The van der Waals surface area contributed by atoms with Crippen LogP contribution in [-0.4, -0.2) is 110 Å². The number of carbonyl (C=O) groups is 7. The van der Waals surface area contributed by atoms with Crippen molar-refractivity contribution in [2.45, 2.75) is 84.0 Å². The molecule has 6 rings (SSSR count). The number of rotatable bonds is 19. The van der Waals surface area contributed by atoms with Gasteiger partial charge < -0.3 is 43.5 Å². The van der Waals surface area contributed by atoms with E-state index >= 15 is 0 Å². The van der Waals surface area contributed by atoms with E-state index in [0.29, 0.717) is 29.2 Å². The molecule has 1 heterocycles. The molecule has 2 atom stereocenters. The fourth-order valence-electron chi connectivity index (χ4n) is 8.37. The lowest BCUT2D eigenvalue weighted by Gasteiger charge is -2.40. The van der Waals surface area contributed by atoms with Gasteiger partial charge >= 0.3 is 24.0 Å². The summed E-state index contributed by atoms with van der Waals surface area (Å²) >= 11 is 0. The molecule has 70 heavy (non-hydrogen) atoms. The normalized spacial score (nSPS) is 14.8. The zero-order chi connectivity index (χ0) is 50.8. The Hall–Kier alpha value is -7.49. The van der Waals surface area contributed by atoms with Gasteiger partial charge in [-0.15, -0.1) is 0 Å². The lowest BCUT2D eigenvalue weighted by atomic mass is 9.87. The van der Waals surface area contributed by atoms with Gasteiger partial charge in [-0.1, -0.05) is 73.3 Å². The van der Waals surface area contributed by atoms with Gasteiger partial charge in [-0.05, 0) is 105 Å². The number of anilines is 1. The van der Waals surface area contributed by atoms with E-state index < -0.39 is 71.4 Å². The summed E-state index contributed by atoms with van der Waals surface area (Å²) in [5.74, 6) is -3.88. The first-order valence-electron chi connectivity index (χ1n) is 23.1. The third-order valence-electron chi connectivity index (χ3n) is 12.0. The summed E-state index contributed by atoms with van der Waals surface area (Å²) < 4.78 is 33.7.